The number of hydrogen-bond acceptors (Lipinski definition) is 1. The summed E-state index contributed by atoms with van der Waals surface area (Å²) in [4.78, 5) is 8.64. The van der Waals surface area contributed by atoms with E-state index in [0.717, 1.165) is 23.3 Å². The number of fused-ring (bicyclic) bond motifs is 1. The molecule has 12 heavy (non-hydrogen) atoms. The maximum absolute atomic E-state index is 4.32. The second-order valence-corrected chi connectivity index (χ2v) is 2.48. The average molecular weight is 383 g/mol. The van der Waals surface area contributed by atoms with Crippen LogP contribution in [0.5, 0.6) is 0 Å². The first-order valence-corrected chi connectivity index (χ1v) is 3.78. The fourth-order valence-electron chi connectivity index (χ4n) is 1.11. The summed E-state index contributed by atoms with van der Waals surface area (Å²) >= 11 is 0. The van der Waals surface area contributed by atoms with Crippen molar-refractivity contribution in [3.8, 4) is 0 Å². The first kappa shape index (κ1) is 9.83. The van der Waals surface area contributed by atoms with Gasteiger partial charge in [0.1, 0.15) is 0 Å². The summed E-state index contributed by atoms with van der Waals surface area (Å²) in [5, 5.41) is 0. The van der Waals surface area contributed by atoms with Crippen molar-refractivity contribution >= 4 is 11.0 Å². The van der Waals surface area contributed by atoms with Gasteiger partial charge in [-0.15, -0.1) is 0 Å². The number of nitrogens with zero attached hydrogens (tertiary/aromatic N) is 2. The van der Waals surface area contributed by atoms with E-state index in [1.165, 1.54) is 0 Å². The Bertz CT molecular complexity index is 334. The molecule has 0 aliphatic heterocycles. The van der Waals surface area contributed by atoms with Gasteiger partial charge in [0.15, 0.2) is 0 Å². The number of aryl methyl sites for hydroxylation is 1. The molecule has 2 nitrogen and oxygen atoms in total. The van der Waals surface area contributed by atoms with Crippen LogP contribution >= 0.6 is 0 Å². The minimum Gasteiger partial charge on any atom is -0.440 e. The molecule has 1 aromatic heterocycles. The molecular formula is C9H9N2U-. The van der Waals surface area contributed by atoms with Crippen LogP contribution in [0.25, 0.3) is 11.0 Å². The molecule has 0 N–H and O–H groups in total. The fourth-order valence-corrected chi connectivity index (χ4v) is 1.11. The Morgan fingerprint density at radius 3 is 2.75 bits per heavy atom. The van der Waals surface area contributed by atoms with Crippen molar-refractivity contribution in [2.24, 2.45) is 0 Å². The Hall–Kier alpha value is -0.258. The predicted octanol–water partition coefficient (Wildman–Crippen LogP) is 1.75. The molecule has 2 rings (SSSR count). The molecule has 1 aromatic carbocycles. The molecule has 0 amide bonds. The van der Waals surface area contributed by atoms with Crippen LogP contribution in [0.15, 0.2) is 24.3 Å². The van der Waals surface area contributed by atoms with Gasteiger partial charge in [-0.1, -0.05) is 37.0 Å². The monoisotopic (exact) mass is 383 g/mol. The Kier molecular flexibility index (Phi) is 3.37. The minimum absolute atomic E-state index is 0. The standard InChI is InChI=1S/C9H9N2.U/c1-2-9-10-7-5-3-4-6-8(7)11-9;/h3-6H,2H2,1H3;/q-1;. The van der Waals surface area contributed by atoms with E-state index in [4.69, 9.17) is 0 Å². The summed E-state index contributed by atoms with van der Waals surface area (Å²) in [6, 6.07) is 7.94. The molecule has 0 fully saturated rings. The Labute approximate surface area is 95.2 Å². The van der Waals surface area contributed by atoms with Gasteiger partial charge in [-0.05, 0) is 17.5 Å². The fraction of sp³-hybridized carbons (Fsp3) is 0.222. The van der Waals surface area contributed by atoms with Crippen LogP contribution in [0.3, 0.4) is 0 Å². The first-order valence-electron chi connectivity index (χ1n) is 3.78. The molecule has 2 aromatic rings. The largest absolute Gasteiger partial charge is 0.440 e. The summed E-state index contributed by atoms with van der Waals surface area (Å²) in [7, 11) is 0. The zero-order valence-corrected chi connectivity index (χ0v) is 11.1. The van der Waals surface area contributed by atoms with E-state index in [-0.39, 0.29) is 31.1 Å². The van der Waals surface area contributed by atoms with Gasteiger partial charge < -0.3 is 9.97 Å². The Morgan fingerprint density at radius 2 is 2.08 bits per heavy atom. The van der Waals surface area contributed by atoms with E-state index in [9.17, 15) is 0 Å². The number of hydrogen-bond donors (Lipinski definition) is 0. The third-order valence-corrected chi connectivity index (χ3v) is 1.70. The van der Waals surface area contributed by atoms with Crippen LogP contribution in [0, 0.1) is 31.1 Å². The number of benzene rings is 1. The van der Waals surface area contributed by atoms with Crippen molar-refractivity contribution in [1.29, 1.82) is 0 Å². The van der Waals surface area contributed by atoms with Crippen molar-refractivity contribution in [3.63, 3.8) is 0 Å². The molecule has 0 spiro atoms. The van der Waals surface area contributed by atoms with E-state index in [1.807, 2.05) is 24.3 Å². The van der Waals surface area contributed by atoms with Crippen molar-refractivity contribution in [2.45, 2.75) is 13.3 Å². The number of imidazole rings is 1. The summed E-state index contributed by atoms with van der Waals surface area (Å²) in [5.74, 6) is 0.936. The van der Waals surface area contributed by atoms with E-state index < -0.39 is 0 Å². The van der Waals surface area contributed by atoms with Gasteiger partial charge in [0.25, 0.3) is 0 Å². The average Bonchev–Trinajstić information content (AvgIpc) is 2.46. The van der Waals surface area contributed by atoms with Crippen LogP contribution < -0.4 is 4.98 Å². The molecule has 0 atom stereocenters. The summed E-state index contributed by atoms with van der Waals surface area (Å²) in [6.07, 6.45) is 0.911. The molecule has 0 saturated carbocycles. The zero-order valence-electron chi connectivity index (χ0n) is 6.91. The molecule has 0 aliphatic carbocycles. The number of rotatable bonds is 1. The summed E-state index contributed by atoms with van der Waals surface area (Å²) in [5.41, 5.74) is 2.01. The van der Waals surface area contributed by atoms with Gasteiger partial charge in [0.05, 0.1) is 0 Å². The maximum atomic E-state index is 4.32. The summed E-state index contributed by atoms with van der Waals surface area (Å²) in [6.45, 7) is 2.06. The topological polar surface area (TPSA) is 27.0 Å². The molecule has 0 aliphatic rings. The SMILES string of the molecule is CCc1nc2ccccc2[n-]1.[U]. The normalized spacial score (nSPS) is 9.75. The Balaban J connectivity index is 0.000000720. The predicted molar refractivity (Wildman–Crippen MR) is 44.4 cm³/mol. The molecule has 0 unspecified atom stereocenters. The molecular weight excluding hydrogens is 374 g/mol. The van der Waals surface area contributed by atoms with Crippen molar-refractivity contribution in [3.05, 3.63) is 30.1 Å². The van der Waals surface area contributed by atoms with E-state index in [2.05, 4.69) is 16.9 Å². The van der Waals surface area contributed by atoms with Gasteiger partial charge in [-0.3, -0.25) is 0 Å². The molecule has 60 valence electrons. The number of para-hydroxylation sites is 2. The van der Waals surface area contributed by atoms with Gasteiger partial charge in [0, 0.05) is 31.1 Å². The van der Waals surface area contributed by atoms with Crippen LogP contribution in [0.4, 0.5) is 0 Å². The van der Waals surface area contributed by atoms with Crippen molar-refractivity contribution in [2.75, 3.05) is 0 Å². The van der Waals surface area contributed by atoms with Crippen LogP contribution in [0.2, 0.25) is 0 Å². The first-order chi connectivity index (χ1) is 5.40. The van der Waals surface area contributed by atoms with Crippen molar-refractivity contribution in [1.82, 2.24) is 9.97 Å². The van der Waals surface area contributed by atoms with Crippen LogP contribution in [0.1, 0.15) is 12.7 Å². The maximum Gasteiger partial charge on any atom is 0 e. The quantitative estimate of drug-likeness (QED) is 0.751. The Morgan fingerprint density at radius 1 is 1.33 bits per heavy atom. The second-order valence-electron chi connectivity index (χ2n) is 2.48. The third-order valence-electron chi connectivity index (χ3n) is 1.70. The van der Waals surface area contributed by atoms with Gasteiger partial charge >= 0.3 is 0 Å². The molecule has 0 bridgehead atoms. The second kappa shape index (κ2) is 4.11. The van der Waals surface area contributed by atoms with Crippen LogP contribution in [-0.2, 0) is 6.42 Å². The molecule has 0 radical (unpaired) electrons. The van der Waals surface area contributed by atoms with Crippen molar-refractivity contribution < 1.29 is 31.1 Å². The van der Waals surface area contributed by atoms with Gasteiger partial charge in [0.2, 0.25) is 0 Å². The summed E-state index contributed by atoms with van der Waals surface area (Å²) < 4.78 is 0. The third kappa shape index (κ3) is 1.73. The number of aromatic nitrogens is 2. The van der Waals surface area contributed by atoms with Gasteiger partial charge in [-0.2, -0.15) is 0 Å². The molecule has 1 heterocycles. The zero-order chi connectivity index (χ0) is 7.68. The van der Waals surface area contributed by atoms with Gasteiger partial charge in [-0.25, -0.2) is 0 Å². The van der Waals surface area contributed by atoms with E-state index in [0.29, 0.717) is 0 Å². The van der Waals surface area contributed by atoms with Crippen LogP contribution in [-0.4, -0.2) is 4.98 Å². The van der Waals surface area contributed by atoms with E-state index >= 15 is 0 Å². The molecule has 3 heteroatoms. The van der Waals surface area contributed by atoms with E-state index in [1.54, 1.807) is 0 Å². The smallest absolute Gasteiger partial charge is 0 e. The minimum atomic E-state index is 0. The molecule has 0 saturated heterocycles.